The molecule has 0 aliphatic carbocycles. The summed E-state index contributed by atoms with van der Waals surface area (Å²) in [4.78, 5) is 24.5. The first-order valence-corrected chi connectivity index (χ1v) is 10.8. The largest absolute Gasteiger partial charge is 0.493 e. The first kappa shape index (κ1) is 23.8. The number of esters is 1. The Kier molecular flexibility index (Phi) is 8.27. The Balaban J connectivity index is 1.63. The minimum atomic E-state index is -0.647. The highest BCUT2D eigenvalue weighted by atomic mass is 79.9. The minimum Gasteiger partial charge on any atom is -0.493 e. The second-order valence-corrected chi connectivity index (χ2v) is 8.28. The quantitative estimate of drug-likeness (QED) is 0.183. The zero-order valence-corrected chi connectivity index (χ0v) is 19.9. The van der Waals surface area contributed by atoms with Crippen LogP contribution < -0.4 is 14.9 Å². The fourth-order valence-corrected chi connectivity index (χ4v) is 3.41. The van der Waals surface area contributed by atoms with Gasteiger partial charge in [-0.05, 0) is 59.7 Å². The minimum absolute atomic E-state index is 0.178. The Bertz CT molecular complexity index is 1170. The Labute approximate surface area is 203 Å². The van der Waals surface area contributed by atoms with Gasteiger partial charge in [0.05, 0.1) is 30.3 Å². The van der Waals surface area contributed by atoms with Crippen LogP contribution in [0, 0.1) is 0 Å². The van der Waals surface area contributed by atoms with Gasteiger partial charge in [0, 0.05) is 9.50 Å². The Morgan fingerprint density at radius 3 is 2.47 bits per heavy atom. The van der Waals surface area contributed by atoms with E-state index in [-0.39, 0.29) is 28.7 Å². The molecule has 9 heteroatoms. The number of carbonyl (C=O) groups excluding carboxylic acids is 2. The van der Waals surface area contributed by atoms with Crippen molar-refractivity contribution >= 4 is 57.2 Å². The highest BCUT2D eigenvalue weighted by molar-refractivity contribution is 9.10. The topological polar surface area (TPSA) is 77.0 Å². The fraction of sp³-hybridized carbons (Fsp3) is 0.0870. The molecule has 0 spiro atoms. The van der Waals surface area contributed by atoms with Crippen molar-refractivity contribution in [1.82, 2.24) is 5.43 Å². The van der Waals surface area contributed by atoms with Gasteiger partial charge in [-0.1, -0.05) is 51.3 Å². The number of carbonyl (C=O) groups is 2. The van der Waals surface area contributed by atoms with Gasteiger partial charge in [-0.25, -0.2) is 10.2 Å². The summed E-state index contributed by atoms with van der Waals surface area (Å²) in [7, 11) is 1.45. The first-order valence-electron chi connectivity index (χ1n) is 9.27. The molecule has 32 heavy (non-hydrogen) atoms. The molecule has 3 aromatic carbocycles. The number of nitrogens with zero attached hydrogens (tertiary/aromatic N) is 1. The first-order chi connectivity index (χ1) is 15.4. The molecule has 0 atom stereocenters. The van der Waals surface area contributed by atoms with Crippen molar-refractivity contribution in [3.05, 3.63) is 91.9 Å². The molecule has 0 unspecified atom stereocenters. The van der Waals surface area contributed by atoms with Crippen molar-refractivity contribution in [3.8, 4) is 11.5 Å². The number of rotatable bonds is 7. The van der Waals surface area contributed by atoms with Gasteiger partial charge in [0.2, 0.25) is 5.91 Å². The number of hydrogen-bond acceptors (Lipinski definition) is 5. The summed E-state index contributed by atoms with van der Waals surface area (Å²) in [6, 6.07) is 16.8. The summed E-state index contributed by atoms with van der Waals surface area (Å²) >= 11 is 15.3. The van der Waals surface area contributed by atoms with E-state index in [0.717, 1.165) is 10.0 Å². The monoisotopic (exact) mass is 534 g/mol. The lowest BCUT2D eigenvalue weighted by molar-refractivity contribution is -0.120. The normalized spacial score (nSPS) is 10.8. The van der Waals surface area contributed by atoms with Crippen molar-refractivity contribution in [2.24, 2.45) is 5.10 Å². The lowest BCUT2D eigenvalue weighted by atomic mass is 10.1. The van der Waals surface area contributed by atoms with Crippen LogP contribution in [0.2, 0.25) is 10.0 Å². The number of hydrogen-bond donors (Lipinski definition) is 1. The van der Waals surface area contributed by atoms with Gasteiger partial charge in [-0.15, -0.1) is 0 Å². The van der Waals surface area contributed by atoms with E-state index in [1.54, 1.807) is 24.3 Å². The number of amides is 1. The number of methoxy groups -OCH3 is 1. The lowest BCUT2D eigenvalue weighted by Crippen LogP contribution is -2.19. The van der Waals surface area contributed by atoms with E-state index < -0.39 is 5.97 Å². The number of ether oxygens (including phenoxy) is 2. The Morgan fingerprint density at radius 2 is 1.78 bits per heavy atom. The van der Waals surface area contributed by atoms with Gasteiger partial charge in [0.15, 0.2) is 11.5 Å². The van der Waals surface area contributed by atoms with E-state index in [1.165, 1.54) is 25.5 Å². The average molecular weight is 536 g/mol. The van der Waals surface area contributed by atoms with Crippen LogP contribution in [0.5, 0.6) is 11.5 Å². The fourth-order valence-electron chi connectivity index (χ4n) is 2.66. The van der Waals surface area contributed by atoms with Gasteiger partial charge in [-0.2, -0.15) is 5.10 Å². The van der Waals surface area contributed by atoms with Gasteiger partial charge in [-0.3, -0.25) is 4.79 Å². The molecular weight excluding hydrogens is 519 g/mol. The molecule has 164 valence electrons. The van der Waals surface area contributed by atoms with Crippen LogP contribution in [0.1, 0.15) is 21.5 Å². The summed E-state index contributed by atoms with van der Waals surface area (Å²) in [5.41, 5.74) is 4.16. The third-order valence-electron chi connectivity index (χ3n) is 4.22. The Hall–Kier alpha value is -2.87. The zero-order chi connectivity index (χ0) is 23.1. The molecule has 1 amide bonds. The van der Waals surface area contributed by atoms with Gasteiger partial charge in [0.25, 0.3) is 0 Å². The molecule has 0 fully saturated rings. The highest BCUT2D eigenvalue weighted by Crippen LogP contribution is 2.30. The summed E-state index contributed by atoms with van der Waals surface area (Å²) in [5, 5.41) is 4.56. The van der Waals surface area contributed by atoms with Crippen molar-refractivity contribution in [2.45, 2.75) is 6.42 Å². The maximum Gasteiger partial charge on any atom is 0.345 e. The molecular formula is C23H17BrCl2N2O4. The third-order valence-corrected chi connectivity index (χ3v) is 5.30. The smallest absolute Gasteiger partial charge is 0.345 e. The third kappa shape index (κ3) is 6.56. The van der Waals surface area contributed by atoms with Gasteiger partial charge >= 0.3 is 5.97 Å². The highest BCUT2D eigenvalue weighted by Gasteiger charge is 2.16. The van der Waals surface area contributed by atoms with Gasteiger partial charge < -0.3 is 9.47 Å². The van der Waals surface area contributed by atoms with Crippen LogP contribution in [-0.4, -0.2) is 25.2 Å². The van der Waals surface area contributed by atoms with Crippen LogP contribution in [0.15, 0.2) is 70.2 Å². The molecule has 0 saturated carbocycles. The average Bonchev–Trinajstić information content (AvgIpc) is 2.76. The number of hydrazone groups is 1. The van der Waals surface area contributed by atoms with Crippen LogP contribution in [-0.2, 0) is 11.2 Å². The van der Waals surface area contributed by atoms with Crippen LogP contribution in [0.3, 0.4) is 0 Å². The second kappa shape index (κ2) is 11.1. The van der Waals surface area contributed by atoms with Crippen molar-refractivity contribution < 1.29 is 19.1 Å². The van der Waals surface area contributed by atoms with Crippen LogP contribution in [0.25, 0.3) is 0 Å². The van der Waals surface area contributed by atoms with E-state index in [2.05, 4.69) is 26.5 Å². The summed E-state index contributed by atoms with van der Waals surface area (Å²) in [6.07, 6.45) is 1.67. The van der Waals surface area contributed by atoms with Crippen LogP contribution >= 0.6 is 39.1 Å². The molecule has 3 aromatic rings. The van der Waals surface area contributed by atoms with Gasteiger partial charge in [0.1, 0.15) is 0 Å². The zero-order valence-electron chi connectivity index (χ0n) is 16.8. The Morgan fingerprint density at radius 1 is 1.03 bits per heavy atom. The SMILES string of the molecule is COc1cc(/C=N\NC(=O)Cc2ccc(Br)cc2)ccc1OC(=O)c1ccc(Cl)cc1Cl. The predicted molar refractivity (Wildman–Crippen MR) is 128 cm³/mol. The van der Waals surface area contributed by atoms with Crippen molar-refractivity contribution in [2.75, 3.05) is 7.11 Å². The molecule has 0 aliphatic rings. The van der Waals surface area contributed by atoms with Crippen molar-refractivity contribution in [3.63, 3.8) is 0 Å². The summed E-state index contributed by atoms with van der Waals surface area (Å²) < 4.78 is 11.7. The van der Waals surface area contributed by atoms with Crippen molar-refractivity contribution in [1.29, 1.82) is 0 Å². The maximum atomic E-state index is 12.4. The maximum absolute atomic E-state index is 12.4. The van der Waals surface area contributed by atoms with E-state index in [1.807, 2.05) is 24.3 Å². The molecule has 0 heterocycles. The molecule has 0 aromatic heterocycles. The summed E-state index contributed by atoms with van der Waals surface area (Å²) in [5.74, 6) is -0.374. The molecule has 1 N–H and O–H groups in total. The molecule has 0 bridgehead atoms. The second-order valence-electron chi connectivity index (χ2n) is 6.52. The van der Waals surface area contributed by atoms with E-state index >= 15 is 0 Å². The van der Waals surface area contributed by atoms with E-state index in [4.69, 9.17) is 32.7 Å². The molecule has 0 saturated heterocycles. The number of halogens is 3. The molecule has 0 radical (unpaired) electrons. The number of benzene rings is 3. The molecule has 3 rings (SSSR count). The molecule has 6 nitrogen and oxygen atoms in total. The van der Waals surface area contributed by atoms with E-state index in [9.17, 15) is 9.59 Å². The molecule has 0 aliphatic heterocycles. The van der Waals surface area contributed by atoms with E-state index in [0.29, 0.717) is 16.3 Å². The lowest BCUT2D eigenvalue weighted by Gasteiger charge is -2.10. The van der Waals surface area contributed by atoms with Crippen LogP contribution in [0.4, 0.5) is 0 Å². The number of nitrogens with one attached hydrogen (secondary N) is 1. The summed E-state index contributed by atoms with van der Waals surface area (Å²) in [6.45, 7) is 0. The predicted octanol–water partition coefficient (Wildman–Crippen LogP) is 5.68. The standard InChI is InChI=1S/C23H17BrCl2N2O4/c1-31-21-10-15(13-27-28-22(29)11-14-2-5-16(24)6-3-14)4-9-20(21)32-23(30)18-8-7-17(25)12-19(18)26/h2-10,12-13H,11H2,1H3,(H,28,29)/b27-13-.